The molecule has 3 N–H and O–H groups in total. The fraction of sp³-hybridized carbons (Fsp3) is 0.333. The summed E-state index contributed by atoms with van der Waals surface area (Å²) in [6, 6.07) is 2.10. The molecule has 0 fully saturated rings. The van der Waals surface area contributed by atoms with E-state index in [1.807, 2.05) is 25.2 Å². The van der Waals surface area contributed by atoms with E-state index in [-0.39, 0.29) is 6.54 Å². The van der Waals surface area contributed by atoms with E-state index in [4.69, 9.17) is 16.7 Å². The van der Waals surface area contributed by atoms with Gasteiger partial charge in [0.2, 0.25) is 6.41 Å². The number of hydrogen-bond donors (Lipinski definition) is 3. The molecule has 0 aromatic carbocycles. The van der Waals surface area contributed by atoms with Gasteiger partial charge in [-0.1, -0.05) is 17.2 Å². The van der Waals surface area contributed by atoms with Gasteiger partial charge in [-0.05, 0) is 45.9 Å². The van der Waals surface area contributed by atoms with Crippen LogP contribution in [0.3, 0.4) is 0 Å². The molecular formula is C15H21ClN2O3. The molecule has 116 valence electrons. The van der Waals surface area contributed by atoms with Gasteiger partial charge in [0.15, 0.2) is 0 Å². The molecule has 0 aliphatic rings. The first-order valence-corrected chi connectivity index (χ1v) is 6.71. The van der Waals surface area contributed by atoms with Crippen molar-refractivity contribution >= 4 is 36.1 Å². The van der Waals surface area contributed by atoms with Gasteiger partial charge in [-0.2, -0.15) is 0 Å². The highest BCUT2D eigenvalue weighted by Crippen LogP contribution is 2.18. The maximum Gasteiger partial charge on any atom is 0.322 e. The number of nitrogens with one attached hydrogen (secondary N) is 2. The fourth-order valence-corrected chi connectivity index (χ4v) is 1.62. The summed E-state index contributed by atoms with van der Waals surface area (Å²) in [6.07, 6.45) is 4.44. The molecule has 0 atom stereocenters. The fourth-order valence-electron chi connectivity index (χ4n) is 1.50. The van der Waals surface area contributed by atoms with Crippen molar-refractivity contribution in [3.05, 3.63) is 33.6 Å². The van der Waals surface area contributed by atoms with Crippen LogP contribution in [-0.2, 0) is 9.59 Å². The zero-order valence-corrected chi connectivity index (χ0v) is 13.4. The molecule has 1 heterocycles. The molecule has 0 aliphatic heterocycles. The number of aromatic nitrogens is 1. The molecule has 1 amide bonds. The van der Waals surface area contributed by atoms with E-state index in [0.717, 1.165) is 22.0 Å². The van der Waals surface area contributed by atoms with Crippen LogP contribution < -0.4 is 5.32 Å². The minimum absolute atomic E-state index is 0.302. The monoisotopic (exact) mass is 312 g/mol. The van der Waals surface area contributed by atoms with Crippen molar-refractivity contribution in [3.8, 4) is 0 Å². The Morgan fingerprint density at radius 3 is 2.38 bits per heavy atom. The predicted molar refractivity (Wildman–Crippen MR) is 86.1 cm³/mol. The van der Waals surface area contributed by atoms with E-state index in [2.05, 4.69) is 31.0 Å². The van der Waals surface area contributed by atoms with E-state index in [0.29, 0.717) is 6.41 Å². The van der Waals surface area contributed by atoms with Crippen LogP contribution in [0.5, 0.6) is 0 Å². The maximum absolute atomic E-state index is 9.54. The van der Waals surface area contributed by atoms with Crippen LogP contribution in [0, 0.1) is 6.92 Å². The summed E-state index contributed by atoms with van der Waals surface area (Å²) in [6.45, 7) is 7.79. The Kier molecular flexibility index (Phi) is 8.88. The van der Waals surface area contributed by atoms with Crippen LogP contribution in [0.4, 0.5) is 0 Å². The first-order chi connectivity index (χ1) is 9.76. The first-order valence-electron chi connectivity index (χ1n) is 6.33. The molecule has 0 unspecified atom stereocenters. The van der Waals surface area contributed by atoms with Crippen molar-refractivity contribution in [3.63, 3.8) is 0 Å². The molecule has 1 aromatic rings. The van der Waals surface area contributed by atoms with Crippen molar-refractivity contribution in [1.29, 1.82) is 0 Å². The number of aliphatic carboxylic acids is 1. The Balaban J connectivity index is 0.000000486. The third kappa shape index (κ3) is 9.51. The van der Waals surface area contributed by atoms with E-state index in [1.54, 1.807) is 0 Å². The summed E-state index contributed by atoms with van der Waals surface area (Å²) in [5.74, 6) is -1.04. The zero-order chi connectivity index (χ0) is 16.4. The normalized spacial score (nSPS) is 10.2. The number of aryl methyl sites for hydroxylation is 1. The van der Waals surface area contributed by atoms with Crippen LogP contribution in [0.25, 0.3) is 12.2 Å². The molecule has 1 aromatic heterocycles. The summed E-state index contributed by atoms with van der Waals surface area (Å²) >= 11 is 5.86. The van der Waals surface area contributed by atoms with Crippen molar-refractivity contribution in [1.82, 2.24) is 10.3 Å². The highest BCUT2D eigenvalue weighted by atomic mass is 35.5. The molecule has 6 heteroatoms. The van der Waals surface area contributed by atoms with E-state index in [1.165, 1.54) is 5.57 Å². The third-order valence-corrected chi connectivity index (χ3v) is 2.25. The molecule has 5 nitrogen and oxygen atoms in total. The number of H-pyrrole nitrogens is 1. The molecule has 0 saturated heterocycles. The van der Waals surface area contributed by atoms with Gasteiger partial charge in [-0.25, -0.2) is 0 Å². The molecule has 0 aliphatic carbocycles. The standard InChI is InChI=1S/C12H16ClN.C3H5NO3/c1-8(2)5-12-11(6-9(3)13)7-10(4)14-12;5-2-4-1-3(6)7/h5-7,14H,1-4H3;2H,1H2,(H,4,5)(H,6,7)/b9-6+;. The summed E-state index contributed by atoms with van der Waals surface area (Å²) in [5.41, 5.74) is 4.70. The van der Waals surface area contributed by atoms with Crippen molar-refractivity contribution in [2.45, 2.75) is 27.7 Å². The third-order valence-electron chi connectivity index (χ3n) is 2.14. The predicted octanol–water partition coefficient (Wildman–Crippen LogP) is 3.16. The minimum Gasteiger partial charge on any atom is -0.480 e. The Morgan fingerprint density at radius 2 is 2.00 bits per heavy atom. The number of allylic oxidation sites excluding steroid dienone is 2. The lowest BCUT2D eigenvalue weighted by molar-refractivity contribution is -0.136. The summed E-state index contributed by atoms with van der Waals surface area (Å²) in [4.78, 5) is 22.2. The van der Waals surface area contributed by atoms with Gasteiger partial charge in [0.25, 0.3) is 0 Å². The van der Waals surface area contributed by atoms with E-state index < -0.39 is 5.97 Å². The van der Waals surface area contributed by atoms with Crippen LogP contribution in [-0.4, -0.2) is 29.0 Å². The lowest BCUT2D eigenvalue weighted by Gasteiger charge is -1.94. The zero-order valence-electron chi connectivity index (χ0n) is 12.7. The van der Waals surface area contributed by atoms with Gasteiger partial charge in [0, 0.05) is 22.0 Å². The maximum atomic E-state index is 9.54. The second-order valence-corrected chi connectivity index (χ2v) is 5.26. The quantitative estimate of drug-likeness (QED) is 0.730. The van der Waals surface area contributed by atoms with Gasteiger partial charge < -0.3 is 15.4 Å². The number of aromatic amines is 1. The number of carbonyl (C=O) groups is 2. The van der Waals surface area contributed by atoms with Crippen LogP contribution in [0.2, 0.25) is 0 Å². The van der Waals surface area contributed by atoms with Gasteiger partial charge in [-0.3, -0.25) is 9.59 Å². The molecule has 0 bridgehead atoms. The van der Waals surface area contributed by atoms with Crippen molar-refractivity contribution in [2.75, 3.05) is 6.54 Å². The molecule has 21 heavy (non-hydrogen) atoms. The smallest absolute Gasteiger partial charge is 0.322 e. The van der Waals surface area contributed by atoms with Gasteiger partial charge in [0.05, 0.1) is 0 Å². The summed E-state index contributed by atoms with van der Waals surface area (Å²) in [7, 11) is 0. The number of carboxylic acid groups (broad SMARTS) is 1. The largest absolute Gasteiger partial charge is 0.480 e. The Hall–Kier alpha value is -2.01. The van der Waals surface area contributed by atoms with Crippen LogP contribution in [0.1, 0.15) is 37.7 Å². The Bertz CT molecular complexity index is 502. The molecular weight excluding hydrogens is 292 g/mol. The lowest BCUT2D eigenvalue weighted by atomic mass is 10.2. The minimum atomic E-state index is -1.04. The highest BCUT2D eigenvalue weighted by Gasteiger charge is 2.01. The number of amides is 1. The average molecular weight is 313 g/mol. The molecule has 0 spiro atoms. The van der Waals surface area contributed by atoms with Gasteiger partial charge >= 0.3 is 5.97 Å². The van der Waals surface area contributed by atoms with E-state index in [9.17, 15) is 9.59 Å². The second-order valence-electron chi connectivity index (χ2n) is 4.67. The lowest BCUT2D eigenvalue weighted by Crippen LogP contribution is -2.20. The molecule has 0 saturated carbocycles. The summed E-state index contributed by atoms with van der Waals surface area (Å²) in [5, 5.41) is 10.6. The van der Waals surface area contributed by atoms with Crippen LogP contribution in [0.15, 0.2) is 16.7 Å². The number of carboxylic acids is 1. The van der Waals surface area contributed by atoms with Crippen molar-refractivity contribution in [2.24, 2.45) is 0 Å². The topological polar surface area (TPSA) is 82.2 Å². The molecule has 1 rings (SSSR count). The van der Waals surface area contributed by atoms with Gasteiger partial charge in [0.1, 0.15) is 6.54 Å². The number of carbonyl (C=O) groups excluding carboxylic acids is 1. The van der Waals surface area contributed by atoms with Gasteiger partial charge in [-0.15, -0.1) is 0 Å². The molecule has 0 radical (unpaired) electrons. The second kappa shape index (κ2) is 9.83. The Morgan fingerprint density at radius 1 is 1.38 bits per heavy atom. The van der Waals surface area contributed by atoms with E-state index >= 15 is 0 Å². The SMILES string of the molecule is CC(C)=Cc1[nH]c(C)cc1/C=C(\C)Cl.O=CNCC(=O)O. The number of hydrogen-bond acceptors (Lipinski definition) is 2. The number of rotatable bonds is 5. The first kappa shape index (κ1) is 19.0. The summed E-state index contributed by atoms with van der Waals surface area (Å²) < 4.78 is 0. The van der Waals surface area contributed by atoms with Crippen LogP contribution >= 0.6 is 11.6 Å². The average Bonchev–Trinajstić information content (AvgIpc) is 2.65. The number of halogens is 1. The Labute approximate surface area is 129 Å². The highest BCUT2D eigenvalue weighted by molar-refractivity contribution is 6.31. The van der Waals surface area contributed by atoms with Crippen molar-refractivity contribution < 1.29 is 14.7 Å².